The number of carbonyl (C=O) groups is 1. The van der Waals surface area contributed by atoms with Crippen molar-refractivity contribution in [3.8, 4) is 0 Å². The smallest absolute Gasteiger partial charge is 0.226 e. The zero-order valence-corrected chi connectivity index (χ0v) is 7.33. The number of carbonyl (C=O) groups excluding carboxylic acids is 1. The number of hydrogen-bond donors (Lipinski definition) is 0. The summed E-state index contributed by atoms with van der Waals surface area (Å²) < 4.78 is 0. The summed E-state index contributed by atoms with van der Waals surface area (Å²) in [7, 11) is 0. The predicted molar refractivity (Wildman–Crippen MR) is 45.6 cm³/mol. The lowest BCUT2D eigenvalue weighted by Gasteiger charge is -2.25. The van der Waals surface area contributed by atoms with Gasteiger partial charge in [0.1, 0.15) is 0 Å². The average Bonchev–Trinajstić information content (AvgIpc) is 2.54. The molecule has 2 aliphatic carbocycles. The van der Waals surface area contributed by atoms with Crippen molar-refractivity contribution in [1.82, 2.24) is 4.90 Å². The van der Waals surface area contributed by atoms with E-state index in [1.807, 2.05) is 0 Å². The summed E-state index contributed by atoms with van der Waals surface area (Å²) in [5.74, 6) is 1.70. The number of hydrogen-bond acceptors (Lipinski definition) is 1. The Morgan fingerprint density at radius 1 is 1.25 bits per heavy atom. The van der Waals surface area contributed by atoms with Crippen molar-refractivity contribution in [3.05, 3.63) is 0 Å². The molecule has 2 atom stereocenters. The van der Waals surface area contributed by atoms with E-state index in [1.54, 1.807) is 0 Å². The van der Waals surface area contributed by atoms with Crippen LogP contribution in [0, 0.1) is 11.8 Å². The highest BCUT2D eigenvalue weighted by molar-refractivity contribution is 5.84. The quantitative estimate of drug-likeness (QED) is 0.575. The first-order valence-corrected chi connectivity index (χ1v) is 5.17. The zero-order chi connectivity index (χ0) is 8.13. The molecule has 1 saturated heterocycles. The van der Waals surface area contributed by atoms with Gasteiger partial charge in [-0.3, -0.25) is 4.79 Å². The molecule has 0 aromatic heterocycles. The van der Waals surface area contributed by atoms with E-state index in [4.69, 9.17) is 0 Å². The van der Waals surface area contributed by atoms with Gasteiger partial charge in [0.05, 0.1) is 0 Å². The lowest BCUT2D eigenvalue weighted by atomic mass is 10.2. The fourth-order valence-corrected chi connectivity index (χ4v) is 2.85. The molecule has 1 amide bonds. The van der Waals surface area contributed by atoms with Crippen LogP contribution in [-0.4, -0.2) is 23.4 Å². The summed E-state index contributed by atoms with van der Waals surface area (Å²) >= 11 is 0. The third-order valence-electron chi connectivity index (χ3n) is 3.72. The number of likely N-dealkylation sites (tertiary alicyclic amines) is 1. The number of rotatable bonds is 1. The Balaban J connectivity index is 1.73. The third kappa shape index (κ3) is 0.838. The Morgan fingerprint density at radius 2 is 2.00 bits per heavy atom. The van der Waals surface area contributed by atoms with Crippen molar-refractivity contribution < 1.29 is 4.79 Å². The van der Waals surface area contributed by atoms with Crippen LogP contribution in [0.1, 0.15) is 32.1 Å². The van der Waals surface area contributed by atoms with E-state index in [0.29, 0.717) is 17.9 Å². The second-order valence-electron chi connectivity index (χ2n) is 4.53. The molecule has 2 saturated carbocycles. The molecule has 1 heterocycles. The summed E-state index contributed by atoms with van der Waals surface area (Å²) in [4.78, 5) is 13.8. The van der Waals surface area contributed by atoms with Crippen LogP contribution in [-0.2, 0) is 4.79 Å². The SMILES string of the molecule is O=C1C2CC2CN1C1CCCC1. The molecule has 3 rings (SSSR count). The third-order valence-corrected chi connectivity index (χ3v) is 3.72. The molecule has 12 heavy (non-hydrogen) atoms. The number of amides is 1. The summed E-state index contributed by atoms with van der Waals surface area (Å²) in [6, 6.07) is 0.630. The van der Waals surface area contributed by atoms with Gasteiger partial charge in [0.25, 0.3) is 0 Å². The van der Waals surface area contributed by atoms with Crippen LogP contribution in [0.3, 0.4) is 0 Å². The standard InChI is InChI=1S/C10H15NO/c12-10-9-5-7(9)6-11(10)8-3-1-2-4-8/h7-9H,1-6H2. The fraction of sp³-hybridized carbons (Fsp3) is 0.900. The van der Waals surface area contributed by atoms with E-state index >= 15 is 0 Å². The highest BCUT2D eigenvalue weighted by Gasteiger charge is 2.53. The molecule has 2 unspecified atom stereocenters. The fourth-order valence-electron chi connectivity index (χ4n) is 2.85. The molecule has 0 radical (unpaired) electrons. The molecule has 1 aliphatic heterocycles. The molecule has 2 nitrogen and oxygen atoms in total. The molecule has 3 aliphatic rings. The molecule has 66 valence electrons. The van der Waals surface area contributed by atoms with Crippen LogP contribution < -0.4 is 0 Å². The van der Waals surface area contributed by atoms with E-state index in [0.717, 1.165) is 12.5 Å². The number of fused-ring (bicyclic) bond motifs is 1. The van der Waals surface area contributed by atoms with Gasteiger partial charge >= 0.3 is 0 Å². The minimum atomic E-state index is 0.464. The minimum absolute atomic E-state index is 0.464. The first kappa shape index (κ1) is 6.93. The van der Waals surface area contributed by atoms with Crippen LogP contribution in [0.15, 0.2) is 0 Å². The van der Waals surface area contributed by atoms with Crippen molar-refractivity contribution in [1.29, 1.82) is 0 Å². The van der Waals surface area contributed by atoms with Gasteiger partial charge in [0.2, 0.25) is 5.91 Å². The lowest BCUT2D eigenvalue weighted by Crippen LogP contribution is -2.36. The van der Waals surface area contributed by atoms with Gasteiger partial charge in [-0.25, -0.2) is 0 Å². The molecular formula is C10H15NO. The molecule has 0 bridgehead atoms. The Bertz CT molecular complexity index is 220. The van der Waals surface area contributed by atoms with Gasteiger partial charge < -0.3 is 4.90 Å². The van der Waals surface area contributed by atoms with Crippen molar-refractivity contribution in [3.63, 3.8) is 0 Å². The molecule has 0 aromatic carbocycles. The van der Waals surface area contributed by atoms with E-state index in [-0.39, 0.29) is 0 Å². The highest BCUT2D eigenvalue weighted by Crippen LogP contribution is 2.47. The lowest BCUT2D eigenvalue weighted by molar-refractivity contribution is -0.131. The van der Waals surface area contributed by atoms with E-state index in [9.17, 15) is 4.79 Å². The maximum absolute atomic E-state index is 11.7. The maximum atomic E-state index is 11.7. The van der Waals surface area contributed by atoms with E-state index in [1.165, 1.54) is 32.1 Å². The molecule has 0 spiro atoms. The van der Waals surface area contributed by atoms with Gasteiger partial charge in [0, 0.05) is 18.5 Å². The number of nitrogens with zero attached hydrogens (tertiary/aromatic N) is 1. The van der Waals surface area contributed by atoms with Crippen LogP contribution in [0.4, 0.5) is 0 Å². The Labute approximate surface area is 72.9 Å². The second-order valence-corrected chi connectivity index (χ2v) is 4.53. The largest absolute Gasteiger partial charge is 0.339 e. The van der Waals surface area contributed by atoms with Crippen molar-refractivity contribution in [2.24, 2.45) is 11.8 Å². The van der Waals surface area contributed by atoms with Crippen LogP contribution in [0.25, 0.3) is 0 Å². The van der Waals surface area contributed by atoms with Crippen LogP contribution >= 0.6 is 0 Å². The molecule has 3 fully saturated rings. The minimum Gasteiger partial charge on any atom is -0.339 e. The molecule has 0 aromatic rings. The average molecular weight is 165 g/mol. The van der Waals surface area contributed by atoms with Crippen molar-refractivity contribution in [2.75, 3.05) is 6.54 Å². The van der Waals surface area contributed by atoms with E-state index in [2.05, 4.69) is 4.90 Å². The first-order chi connectivity index (χ1) is 5.86. The molecule has 0 N–H and O–H groups in total. The zero-order valence-electron chi connectivity index (χ0n) is 7.33. The summed E-state index contributed by atoms with van der Waals surface area (Å²) in [5, 5.41) is 0. The van der Waals surface area contributed by atoms with Crippen LogP contribution in [0.5, 0.6) is 0 Å². The normalized spacial score (nSPS) is 40.7. The van der Waals surface area contributed by atoms with Gasteiger partial charge in [-0.1, -0.05) is 12.8 Å². The Hall–Kier alpha value is -0.530. The second kappa shape index (κ2) is 2.24. The summed E-state index contributed by atoms with van der Waals surface area (Å²) in [5.41, 5.74) is 0. The topological polar surface area (TPSA) is 20.3 Å². The summed E-state index contributed by atoms with van der Waals surface area (Å²) in [6.45, 7) is 1.09. The van der Waals surface area contributed by atoms with Crippen molar-refractivity contribution >= 4 is 5.91 Å². The van der Waals surface area contributed by atoms with Gasteiger partial charge in [-0.2, -0.15) is 0 Å². The molecular weight excluding hydrogens is 150 g/mol. The number of piperidine rings is 1. The van der Waals surface area contributed by atoms with Crippen molar-refractivity contribution in [2.45, 2.75) is 38.1 Å². The van der Waals surface area contributed by atoms with Crippen LogP contribution in [0.2, 0.25) is 0 Å². The van der Waals surface area contributed by atoms with Gasteiger partial charge in [-0.15, -0.1) is 0 Å². The monoisotopic (exact) mass is 165 g/mol. The summed E-state index contributed by atoms with van der Waals surface area (Å²) in [6.07, 6.45) is 6.41. The highest BCUT2D eigenvalue weighted by atomic mass is 16.2. The predicted octanol–water partition coefficient (Wildman–Crippen LogP) is 1.41. The molecule has 2 heteroatoms. The van der Waals surface area contributed by atoms with E-state index < -0.39 is 0 Å². The Kier molecular flexibility index (Phi) is 1.29. The first-order valence-electron chi connectivity index (χ1n) is 5.17. The maximum Gasteiger partial charge on any atom is 0.226 e. The van der Waals surface area contributed by atoms with Gasteiger partial charge in [0.15, 0.2) is 0 Å². The van der Waals surface area contributed by atoms with Gasteiger partial charge in [-0.05, 0) is 25.2 Å². The Morgan fingerprint density at radius 3 is 2.58 bits per heavy atom.